The molecule has 1 saturated carbocycles. The van der Waals surface area contributed by atoms with Crippen LogP contribution in [0.25, 0.3) is 0 Å². The summed E-state index contributed by atoms with van der Waals surface area (Å²) in [6.07, 6.45) is 3.89. The van der Waals surface area contributed by atoms with E-state index in [0.29, 0.717) is 6.04 Å². The van der Waals surface area contributed by atoms with Gasteiger partial charge < -0.3 is 10.5 Å². The quantitative estimate of drug-likeness (QED) is 0.761. The molecule has 0 aromatic carbocycles. The SMILES string of the molecule is CCC1COCCN1C(C)(CN)C1CC1. The molecule has 2 rings (SSSR count). The van der Waals surface area contributed by atoms with E-state index in [1.165, 1.54) is 19.3 Å². The zero-order valence-corrected chi connectivity index (χ0v) is 10.0. The molecule has 3 heteroatoms. The minimum atomic E-state index is 0.227. The molecule has 1 aliphatic heterocycles. The van der Waals surface area contributed by atoms with Crippen molar-refractivity contribution in [3.8, 4) is 0 Å². The Balaban J connectivity index is 2.10. The first-order chi connectivity index (χ1) is 7.22. The normalized spacial score (nSPS) is 32.6. The number of morpholine rings is 1. The zero-order valence-electron chi connectivity index (χ0n) is 10.0. The van der Waals surface area contributed by atoms with Gasteiger partial charge in [0.1, 0.15) is 0 Å². The monoisotopic (exact) mass is 212 g/mol. The Hall–Kier alpha value is -0.120. The summed E-state index contributed by atoms with van der Waals surface area (Å²) in [4.78, 5) is 2.62. The zero-order chi connectivity index (χ0) is 10.9. The molecule has 2 atom stereocenters. The lowest BCUT2D eigenvalue weighted by atomic mass is 9.90. The molecular formula is C12H24N2O. The molecule has 2 fully saturated rings. The van der Waals surface area contributed by atoms with Crippen LogP contribution in [0.2, 0.25) is 0 Å². The summed E-state index contributed by atoms with van der Waals surface area (Å²) in [6, 6.07) is 0.577. The highest BCUT2D eigenvalue weighted by Gasteiger charge is 2.47. The van der Waals surface area contributed by atoms with Gasteiger partial charge in [-0.2, -0.15) is 0 Å². The molecule has 3 nitrogen and oxygen atoms in total. The Kier molecular flexibility index (Phi) is 3.33. The molecule has 1 aliphatic carbocycles. The third-order valence-corrected chi connectivity index (χ3v) is 4.23. The fraction of sp³-hybridized carbons (Fsp3) is 1.00. The minimum absolute atomic E-state index is 0.227. The Morgan fingerprint density at radius 3 is 2.73 bits per heavy atom. The van der Waals surface area contributed by atoms with Gasteiger partial charge in [-0.15, -0.1) is 0 Å². The lowest BCUT2D eigenvalue weighted by Crippen LogP contribution is -2.61. The van der Waals surface area contributed by atoms with E-state index in [0.717, 1.165) is 32.2 Å². The van der Waals surface area contributed by atoms with E-state index >= 15 is 0 Å². The molecule has 0 aromatic heterocycles. The van der Waals surface area contributed by atoms with Crippen LogP contribution in [0.4, 0.5) is 0 Å². The lowest BCUT2D eigenvalue weighted by molar-refractivity contribution is -0.0653. The molecule has 0 bridgehead atoms. The van der Waals surface area contributed by atoms with E-state index in [1.54, 1.807) is 0 Å². The van der Waals surface area contributed by atoms with E-state index in [2.05, 4.69) is 18.7 Å². The topological polar surface area (TPSA) is 38.5 Å². The van der Waals surface area contributed by atoms with E-state index in [1.807, 2.05) is 0 Å². The van der Waals surface area contributed by atoms with Crippen molar-refractivity contribution in [2.24, 2.45) is 11.7 Å². The second kappa shape index (κ2) is 4.40. The molecule has 2 unspecified atom stereocenters. The highest BCUT2D eigenvalue weighted by molar-refractivity contribution is 5.02. The first kappa shape index (κ1) is 11.4. The van der Waals surface area contributed by atoms with Crippen LogP contribution in [-0.2, 0) is 4.74 Å². The number of nitrogens with zero attached hydrogens (tertiary/aromatic N) is 1. The van der Waals surface area contributed by atoms with Crippen LogP contribution in [0.5, 0.6) is 0 Å². The van der Waals surface area contributed by atoms with Crippen molar-refractivity contribution in [1.29, 1.82) is 0 Å². The van der Waals surface area contributed by atoms with Gasteiger partial charge in [-0.05, 0) is 32.1 Å². The summed E-state index contributed by atoms with van der Waals surface area (Å²) in [5.41, 5.74) is 6.24. The van der Waals surface area contributed by atoms with E-state index in [-0.39, 0.29) is 5.54 Å². The van der Waals surface area contributed by atoms with Gasteiger partial charge in [0.15, 0.2) is 0 Å². The Morgan fingerprint density at radius 1 is 1.47 bits per heavy atom. The van der Waals surface area contributed by atoms with Gasteiger partial charge in [-0.3, -0.25) is 4.90 Å². The molecule has 0 spiro atoms. The van der Waals surface area contributed by atoms with Crippen LogP contribution >= 0.6 is 0 Å². The number of hydrogen-bond donors (Lipinski definition) is 1. The molecule has 0 radical (unpaired) electrons. The van der Waals surface area contributed by atoms with Gasteiger partial charge in [-0.1, -0.05) is 6.92 Å². The van der Waals surface area contributed by atoms with Crippen molar-refractivity contribution in [3.05, 3.63) is 0 Å². The maximum Gasteiger partial charge on any atom is 0.0622 e. The van der Waals surface area contributed by atoms with Gasteiger partial charge in [0.25, 0.3) is 0 Å². The lowest BCUT2D eigenvalue weighted by Gasteiger charge is -2.48. The molecule has 15 heavy (non-hydrogen) atoms. The smallest absolute Gasteiger partial charge is 0.0622 e. The van der Waals surface area contributed by atoms with Crippen molar-refractivity contribution in [3.63, 3.8) is 0 Å². The minimum Gasteiger partial charge on any atom is -0.378 e. The Bertz CT molecular complexity index is 218. The van der Waals surface area contributed by atoms with E-state index < -0.39 is 0 Å². The van der Waals surface area contributed by atoms with Crippen molar-refractivity contribution in [2.75, 3.05) is 26.3 Å². The van der Waals surface area contributed by atoms with Gasteiger partial charge in [0.2, 0.25) is 0 Å². The number of nitrogens with two attached hydrogens (primary N) is 1. The largest absolute Gasteiger partial charge is 0.378 e. The second-order valence-electron chi connectivity index (χ2n) is 5.17. The summed E-state index contributed by atoms with van der Waals surface area (Å²) in [5, 5.41) is 0. The summed E-state index contributed by atoms with van der Waals surface area (Å²) < 4.78 is 5.56. The van der Waals surface area contributed by atoms with Crippen LogP contribution in [0.15, 0.2) is 0 Å². The first-order valence-corrected chi connectivity index (χ1v) is 6.27. The molecule has 88 valence electrons. The standard InChI is InChI=1S/C12H24N2O/c1-3-11-8-15-7-6-14(11)12(2,9-13)10-4-5-10/h10-11H,3-9,13H2,1-2H3. The summed E-state index contributed by atoms with van der Waals surface area (Å²) in [7, 11) is 0. The van der Waals surface area contributed by atoms with Gasteiger partial charge >= 0.3 is 0 Å². The molecular weight excluding hydrogens is 188 g/mol. The Labute approximate surface area is 93.0 Å². The van der Waals surface area contributed by atoms with Crippen molar-refractivity contribution >= 4 is 0 Å². The van der Waals surface area contributed by atoms with Gasteiger partial charge in [0.05, 0.1) is 13.2 Å². The predicted molar refractivity (Wildman–Crippen MR) is 61.8 cm³/mol. The fourth-order valence-corrected chi connectivity index (χ4v) is 2.89. The Morgan fingerprint density at radius 2 is 2.20 bits per heavy atom. The summed E-state index contributed by atoms with van der Waals surface area (Å²) >= 11 is 0. The predicted octanol–water partition coefficient (Wildman–Crippen LogP) is 1.22. The summed E-state index contributed by atoms with van der Waals surface area (Å²) in [5.74, 6) is 0.828. The van der Waals surface area contributed by atoms with Crippen LogP contribution < -0.4 is 5.73 Å². The second-order valence-corrected chi connectivity index (χ2v) is 5.17. The van der Waals surface area contributed by atoms with Crippen molar-refractivity contribution in [1.82, 2.24) is 4.90 Å². The highest BCUT2D eigenvalue weighted by Crippen LogP contribution is 2.43. The van der Waals surface area contributed by atoms with Gasteiger partial charge in [-0.25, -0.2) is 0 Å². The molecule has 1 heterocycles. The average Bonchev–Trinajstić information content (AvgIpc) is 3.12. The van der Waals surface area contributed by atoms with E-state index in [4.69, 9.17) is 10.5 Å². The van der Waals surface area contributed by atoms with Crippen molar-refractivity contribution in [2.45, 2.75) is 44.7 Å². The molecule has 0 amide bonds. The fourth-order valence-electron chi connectivity index (χ4n) is 2.89. The average molecular weight is 212 g/mol. The number of ether oxygens (including phenoxy) is 1. The summed E-state index contributed by atoms with van der Waals surface area (Å²) in [6.45, 7) is 8.20. The maximum atomic E-state index is 6.01. The third-order valence-electron chi connectivity index (χ3n) is 4.23. The van der Waals surface area contributed by atoms with Crippen molar-refractivity contribution < 1.29 is 4.74 Å². The molecule has 2 aliphatic rings. The molecule has 2 N–H and O–H groups in total. The van der Waals surface area contributed by atoms with E-state index in [9.17, 15) is 0 Å². The van der Waals surface area contributed by atoms with Crippen LogP contribution in [0.3, 0.4) is 0 Å². The first-order valence-electron chi connectivity index (χ1n) is 6.27. The molecule has 1 saturated heterocycles. The van der Waals surface area contributed by atoms with Crippen LogP contribution in [-0.4, -0.2) is 42.8 Å². The van der Waals surface area contributed by atoms with Crippen LogP contribution in [0, 0.1) is 5.92 Å². The highest BCUT2D eigenvalue weighted by atomic mass is 16.5. The number of rotatable bonds is 4. The van der Waals surface area contributed by atoms with Gasteiger partial charge in [0, 0.05) is 24.7 Å². The third kappa shape index (κ3) is 2.05. The van der Waals surface area contributed by atoms with Crippen LogP contribution in [0.1, 0.15) is 33.1 Å². The maximum absolute atomic E-state index is 6.01. The molecule has 0 aromatic rings. The number of hydrogen-bond acceptors (Lipinski definition) is 3.